The van der Waals surface area contributed by atoms with Gasteiger partial charge in [-0.15, -0.1) is 0 Å². The maximum Gasteiger partial charge on any atom is 0.389 e. The maximum atomic E-state index is 11.9. The molecule has 0 radical (unpaired) electrons. The summed E-state index contributed by atoms with van der Waals surface area (Å²) in [4.78, 5) is 3.98. The average molecular weight is 247 g/mol. The molecule has 0 aliphatic carbocycles. The lowest BCUT2D eigenvalue weighted by molar-refractivity contribution is -0.134. The van der Waals surface area contributed by atoms with Gasteiger partial charge in [0.25, 0.3) is 0 Å². The van der Waals surface area contributed by atoms with E-state index in [0.717, 1.165) is 17.9 Å². The second kappa shape index (κ2) is 6.32. The van der Waals surface area contributed by atoms with Crippen LogP contribution in [0.1, 0.15) is 19.8 Å². The summed E-state index contributed by atoms with van der Waals surface area (Å²) >= 11 is 0. The first-order valence-electron chi connectivity index (χ1n) is 5.51. The first-order valence-corrected chi connectivity index (χ1v) is 5.51. The van der Waals surface area contributed by atoms with Crippen molar-refractivity contribution in [2.24, 2.45) is 0 Å². The second-order valence-electron chi connectivity index (χ2n) is 3.64. The molecule has 2 N–H and O–H groups in total. The van der Waals surface area contributed by atoms with Crippen molar-refractivity contribution in [3.05, 3.63) is 18.5 Å². The number of aromatic nitrogens is 1. The molecular weight excluding hydrogens is 231 g/mol. The summed E-state index contributed by atoms with van der Waals surface area (Å²) in [6.45, 7) is 3.03. The number of hydrogen-bond donors (Lipinski definition) is 2. The van der Waals surface area contributed by atoms with Gasteiger partial charge in [0, 0.05) is 19.5 Å². The van der Waals surface area contributed by atoms with Crippen molar-refractivity contribution in [1.82, 2.24) is 4.98 Å². The van der Waals surface area contributed by atoms with Crippen LogP contribution in [0.25, 0.3) is 0 Å². The van der Waals surface area contributed by atoms with Crippen molar-refractivity contribution in [3.8, 4) is 0 Å². The maximum absolute atomic E-state index is 11.9. The van der Waals surface area contributed by atoms with Crippen LogP contribution in [0.4, 0.5) is 24.5 Å². The summed E-state index contributed by atoms with van der Waals surface area (Å²) in [6.07, 6.45) is -1.51. The zero-order chi connectivity index (χ0) is 12.7. The van der Waals surface area contributed by atoms with Crippen molar-refractivity contribution in [1.29, 1.82) is 0 Å². The van der Waals surface area contributed by atoms with Crippen molar-refractivity contribution >= 4 is 11.4 Å². The SMILES string of the molecule is CCNc1cncc(NCCCC(F)(F)F)c1. The molecular formula is C11H16F3N3. The number of rotatable bonds is 6. The van der Waals surface area contributed by atoms with Gasteiger partial charge in [0.15, 0.2) is 0 Å². The number of hydrogen-bond acceptors (Lipinski definition) is 3. The van der Waals surface area contributed by atoms with Gasteiger partial charge in [0.1, 0.15) is 0 Å². The molecule has 0 aliphatic heterocycles. The molecule has 1 rings (SSSR count). The van der Waals surface area contributed by atoms with Crippen LogP contribution in [0.2, 0.25) is 0 Å². The largest absolute Gasteiger partial charge is 0.389 e. The Hall–Kier alpha value is -1.46. The number of alkyl halides is 3. The normalized spacial score (nSPS) is 11.3. The van der Waals surface area contributed by atoms with Crippen LogP contribution in [0.5, 0.6) is 0 Å². The molecule has 0 amide bonds. The molecule has 0 unspecified atom stereocenters. The predicted molar refractivity (Wildman–Crippen MR) is 62.2 cm³/mol. The van der Waals surface area contributed by atoms with Gasteiger partial charge < -0.3 is 10.6 Å². The van der Waals surface area contributed by atoms with Crippen LogP contribution >= 0.6 is 0 Å². The molecule has 6 heteroatoms. The van der Waals surface area contributed by atoms with Crippen LogP contribution in [0.15, 0.2) is 18.5 Å². The number of anilines is 2. The van der Waals surface area contributed by atoms with E-state index in [9.17, 15) is 13.2 Å². The Balaban J connectivity index is 2.34. The summed E-state index contributed by atoms with van der Waals surface area (Å²) in [5.41, 5.74) is 1.58. The van der Waals surface area contributed by atoms with Gasteiger partial charge in [-0.3, -0.25) is 4.98 Å². The molecule has 17 heavy (non-hydrogen) atoms. The number of nitrogens with one attached hydrogen (secondary N) is 2. The predicted octanol–water partition coefficient (Wildman–Crippen LogP) is 3.27. The van der Waals surface area contributed by atoms with Gasteiger partial charge >= 0.3 is 6.18 Å². The third-order valence-corrected chi connectivity index (χ3v) is 2.09. The Labute approximate surface area is 98.4 Å². The third-order valence-electron chi connectivity index (χ3n) is 2.09. The van der Waals surface area contributed by atoms with E-state index in [4.69, 9.17) is 0 Å². The molecule has 0 spiro atoms. The zero-order valence-corrected chi connectivity index (χ0v) is 9.64. The summed E-state index contributed by atoms with van der Waals surface area (Å²) in [7, 11) is 0. The van der Waals surface area contributed by atoms with E-state index in [1.54, 1.807) is 12.4 Å². The van der Waals surface area contributed by atoms with Crippen LogP contribution < -0.4 is 10.6 Å². The van der Waals surface area contributed by atoms with Gasteiger partial charge in [-0.25, -0.2) is 0 Å². The van der Waals surface area contributed by atoms with E-state index in [1.807, 2.05) is 13.0 Å². The van der Waals surface area contributed by atoms with Gasteiger partial charge in [-0.2, -0.15) is 13.2 Å². The lowest BCUT2D eigenvalue weighted by Crippen LogP contribution is -2.11. The molecule has 0 saturated heterocycles. The van der Waals surface area contributed by atoms with Gasteiger partial charge in [0.05, 0.1) is 23.8 Å². The highest BCUT2D eigenvalue weighted by atomic mass is 19.4. The fourth-order valence-electron chi connectivity index (χ4n) is 1.36. The van der Waals surface area contributed by atoms with Crippen LogP contribution in [0.3, 0.4) is 0 Å². The monoisotopic (exact) mass is 247 g/mol. The minimum absolute atomic E-state index is 0.0644. The zero-order valence-electron chi connectivity index (χ0n) is 9.64. The minimum atomic E-state index is -4.08. The van der Waals surface area contributed by atoms with Crippen LogP contribution in [0, 0.1) is 0 Å². The van der Waals surface area contributed by atoms with Crippen molar-refractivity contribution < 1.29 is 13.2 Å². The summed E-state index contributed by atoms with van der Waals surface area (Å²) < 4.78 is 35.7. The summed E-state index contributed by atoms with van der Waals surface area (Å²) in [5, 5.41) is 5.99. The molecule has 96 valence electrons. The molecule has 0 bridgehead atoms. The highest BCUT2D eigenvalue weighted by Crippen LogP contribution is 2.21. The Kier molecular flexibility index (Phi) is 5.06. The van der Waals surface area contributed by atoms with E-state index >= 15 is 0 Å². The first-order chi connectivity index (χ1) is 8.01. The van der Waals surface area contributed by atoms with Crippen molar-refractivity contribution in [2.75, 3.05) is 23.7 Å². The summed E-state index contributed by atoms with van der Waals surface area (Å²) in [5.74, 6) is 0. The molecule has 0 aromatic carbocycles. The Bertz CT molecular complexity index is 339. The molecule has 0 atom stereocenters. The molecule has 1 aromatic heterocycles. The minimum Gasteiger partial charge on any atom is -0.384 e. The fraction of sp³-hybridized carbons (Fsp3) is 0.545. The third kappa shape index (κ3) is 5.99. The number of nitrogens with zero attached hydrogens (tertiary/aromatic N) is 1. The van der Waals surface area contributed by atoms with E-state index in [0.29, 0.717) is 0 Å². The van der Waals surface area contributed by atoms with Gasteiger partial charge in [0.2, 0.25) is 0 Å². The quantitative estimate of drug-likeness (QED) is 0.757. The smallest absolute Gasteiger partial charge is 0.384 e. The standard InChI is InChI=1S/C11H16F3N3/c1-2-16-9-6-10(8-15-7-9)17-5-3-4-11(12,13)14/h6-8,16-17H,2-5H2,1H3. The van der Waals surface area contributed by atoms with E-state index in [2.05, 4.69) is 15.6 Å². The Morgan fingerprint density at radius 2 is 1.82 bits per heavy atom. The van der Waals surface area contributed by atoms with E-state index < -0.39 is 12.6 Å². The number of pyridine rings is 1. The molecule has 1 aromatic rings. The topological polar surface area (TPSA) is 37.0 Å². The van der Waals surface area contributed by atoms with Crippen LogP contribution in [-0.2, 0) is 0 Å². The molecule has 0 saturated carbocycles. The van der Waals surface area contributed by atoms with Crippen molar-refractivity contribution in [3.63, 3.8) is 0 Å². The van der Waals surface area contributed by atoms with Crippen molar-refractivity contribution in [2.45, 2.75) is 25.9 Å². The number of halogens is 3. The highest BCUT2D eigenvalue weighted by Gasteiger charge is 2.25. The second-order valence-corrected chi connectivity index (χ2v) is 3.64. The van der Waals surface area contributed by atoms with E-state index in [1.165, 1.54) is 0 Å². The lowest BCUT2D eigenvalue weighted by atomic mass is 10.3. The molecule has 3 nitrogen and oxygen atoms in total. The fourth-order valence-corrected chi connectivity index (χ4v) is 1.36. The Morgan fingerprint density at radius 3 is 2.41 bits per heavy atom. The van der Waals surface area contributed by atoms with Gasteiger partial charge in [-0.1, -0.05) is 0 Å². The molecule has 0 fully saturated rings. The van der Waals surface area contributed by atoms with E-state index in [-0.39, 0.29) is 13.0 Å². The van der Waals surface area contributed by atoms with Gasteiger partial charge in [-0.05, 0) is 19.4 Å². The first kappa shape index (κ1) is 13.6. The lowest BCUT2D eigenvalue weighted by Gasteiger charge is -2.09. The van der Waals surface area contributed by atoms with Crippen LogP contribution in [-0.4, -0.2) is 24.2 Å². The Morgan fingerprint density at radius 1 is 1.18 bits per heavy atom. The summed E-state index contributed by atoms with van der Waals surface area (Å²) in [6, 6.07) is 1.82. The molecule has 1 heterocycles. The average Bonchev–Trinajstić information content (AvgIpc) is 2.24. The molecule has 0 aliphatic rings. The highest BCUT2D eigenvalue weighted by molar-refractivity contribution is 5.53.